The lowest BCUT2D eigenvalue weighted by Crippen LogP contribution is -2.33. The first-order valence-electron chi connectivity index (χ1n) is 8.56. The maximum absolute atomic E-state index is 13.2. The van der Waals surface area contributed by atoms with Crippen LogP contribution in [0.4, 0.5) is 0 Å². The van der Waals surface area contributed by atoms with Gasteiger partial charge in [-0.3, -0.25) is 4.98 Å². The fourth-order valence-electron chi connectivity index (χ4n) is 2.71. The van der Waals surface area contributed by atoms with Gasteiger partial charge in [0.05, 0.1) is 17.1 Å². The summed E-state index contributed by atoms with van der Waals surface area (Å²) in [5.41, 5.74) is 2.87. The van der Waals surface area contributed by atoms with Crippen LogP contribution in [0.15, 0.2) is 83.9 Å². The molecule has 0 N–H and O–H groups in total. The lowest BCUT2D eigenvalue weighted by atomic mass is 10.1. The van der Waals surface area contributed by atoms with Gasteiger partial charge in [-0.1, -0.05) is 54.1 Å². The van der Waals surface area contributed by atoms with E-state index in [1.54, 1.807) is 18.3 Å². The van der Waals surface area contributed by atoms with Crippen LogP contribution in [0.2, 0.25) is 0 Å². The highest BCUT2D eigenvalue weighted by Crippen LogP contribution is 2.19. The molecule has 0 saturated heterocycles. The molecule has 0 unspecified atom stereocenters. The SMILES string of the molecule is Cc1ccc(S(=O)(=O)N(CCc2ccccc2)Cc2ccccn2)cc1. The maximum Gasteiger partial charge on any atom is 0.243 e. The fourth-order valence-corrected chi connectivity index (χ4v) is 4.13. The topological polar surface area (TPSA) is 50.3 Å². The summed E-state index contributed by atoms with van der Waals surface area (Å²) in [6, 6.07) is 22.4. The van der Waals surface area contributed by atoms with Gasteiger partial charge in [0.25, 0.3) is 0 Å². The third kappa shape index (κ3) is 4.56. The molecule has 134 valence electrons. The summed E-state index contributed by atoms with van der Waals surface area (Å²) < 4.78 is 27.8. The molecule has 1 aromatic heterocycles. The molecule has 5 heteroatoms. The number of aromatic nitrogens is 1. The van der Waals surface area contributed by atoms with Gasteiger partial charge in [0.2, 0.25) is 10.0 Å². The van der Waals surface area contributed by atoms with E-state index in [0.717, 1.165) is 16.8 Å². The lowest BCUT2D eigenvalue weighted by molar-refractivity contribution is 0.405. The van der Waals surface area contributed by atoms with E-state index < -0.39 is 10.0 Å². The molecule has 4 nitrogen and oxygen atoms in total. The van der Waals surface area contributed by atoms with Crippen molar-refractivity contribution in [2.75, 3.05) is 6.54 Å². The monoisotopic (exact) mass is 366 g/mol. The highest BCUT2D eigenvalue weighted by Gasteiger charge is 2.24. The average Bonchev–Trinajstić information content (AvgIpc) is 2.67. The molecule has 0 atom stereocenters. The minimum atomic E-state index is -3.59. The van der Waals surface area contributed by atoms with E-state index in [0.29, 0.717) is 17.9 Å². The zero-order chi connectivity index (χ0) is 18.4. The highest BCUT2D eigenvalue weighted by molar-refractivity contribution is 7.89. The fraction of sp³-hybridized carbons (Fsp3) is 0.190. The van der Waals surface area contributed by atoms with Crippen LogP contribution in [0.1, 0.15) is 16.8 Å². The molecular formula is C21H22N2O2S. The number of nitrogens with zero attached hydrogens (tertiary/aromatic N) is 2. The first-order valence-corrected chi connectivity index (χ1v) is 10.0. The van der Waals surface area contributed by atoms with E-state index in [9.17, 15) is 8.42 Å². The number of benzene rings is 2. The van der Waals surface area contributed by atoms with Crippen LogP contribution in [0, 0.1) is 6.92 Å². The Balaban J connectivity index is 1.87. The number of sulfonamides is 1. The van der Waals surface area contributed by atoms with E-state index in [-0.39, 0.29) is 6.54 Å². The highest BCUT2D eigenvalue weighted by atomic mass is 32.2. The van der Waals surface area contributed by atoms with Crippen LogP contribution in [0.3, 0.4) is 0 Å². The van der Waals surface area contributed by atoms with Gasteiger partial charge < -0.3 is 0 Å². The number of aryl methyl sites for hydroxylation is 1. The van der Waals surface area contributed by atoms with Crippen molar-refractivity contribution in [1.82, 2.24) is 9.29 Å². The van der Waals surface area contributed by atoms with Crippen molar-refractivity contribution in [1.29, 1.82) is 0 Å². The molecule has 0 spiro atoms. The van der Waals surface area contributed by atoms with Crippen LogP contribution in [-0.4, -0.2) is 24.3 Å². The van der Waals surface area contributed by atoms with Gasteiger partial charge in [0, 0.05) is 12.7 Å². The number of hydrogen-bond donors (Lipinski definition) is 0. The molecule has 0 saturated carbocycles. The predicted octanol–water partition coefficient (Wildman–Crippen LogP) is 3.82. The van der Waals surface area contributed by atoms with Crippen molar-refractivity contribution in [2.24, 2.45) is 0 Å². The van der Waals surface area contributed by atoms with Crippen LogP contribution < -0.4 is 0 Å². The molecule has 3 rings (SSSR count). The molecule has 0 bridgehead atoms. The third-order valence-electron chi connectivity index (χ3n) is 4.22. The van der Waals surface area contributed by atoms with Crippen LogP contribution >= 0.6 is 0 Å². The predicted molar refractivity (Wildman–Crippen MR) is 103 cm³/mol. The summed E-state index contributed by atoms with van der Waals surface area (Å²) in [7, 11) is -3.59. The molecule has 0 aliphatic heterocycles. The summed E-state index contributed by atoms with van der Waals surface area (Å²) in [4.78, 5) is 4.60. The van der Waals surface area contributed by atoms with Crippen molar-refractivity contribution in [3.63, 3.8) is 0 Å². The van der Waals surface area contributed by atoms with Crippen molar-refractivity contribution >= 4 is 10.0 Å². The van der Waals surface area contributed by atoms with E-state index in [2.05, 4.69) is 4.98 Å². The summed E-state index contributed by atoms with van der Waals surface area (Å²) in [6.45, 7) is 2.60. The van der Waals surface area contributed by atoms with E-state index in [4.69, 9.17) is 0 Å². The quantitative estimate of drug-likeness (QED) is 0.639. The van der Waals surface area contributed by atoms with E-state index in [1.807, 2.05) is 67.6 Å². The molecule has 3 aromatic rings. The summed E-state index contributed by atoms with van der Waals surface area (Å²) >= 11 is 0. The molecule has 1 heterocycles. The number of rotatable bonds is 7. The Morgan fingerprint density at radius 3 is 2.23 bits per heavy atom. The van der Waals surface area contributed by atoms with Crippen LogP contribution in [-0.2, 0) is 23.0 Å². The minimum absolute atomic E-state index is 0.254. The molecule has 2 aromatic carbocycles. The Morgan fingerprint density at radius 2 is 1.58 bits per heavy atom. The zero-order valence-corrected chi connectivity index (χ0v) is 15.6. The largest absolute Gasteiger partial charge is 0.260 e. The molecular weight excluding hydrogens is 344 g/mol. The van der Waals surface area contributed by atoms with E-state index >= 15 is 0 Å². The van der Waals surface area contributed by atoms with Gasteiger partial charge in [0.1, 0.15) is 0 Å². The Bertz CT molecular complexity index is 925. The third-order valence-corrected chi connectivity index (χ3v) is 6.08. The molecule has 0 fully saturated rings. The minimum Gasteiger partial charge on any atom is -0.260 e. The van der Waals surface area contributed by atoms with Crippen LogP contribution in [0.5, 0.6) is 0 Å². The Hall–Kier alpha value is -2.50. The number of pyridine rings is 1. The van der Waals surface area contributed by atoms with Gasteiger partial charge >= 0.3 is 0 Å². The van der Waals surface area contributed by atoms with Crippen molar-refractivity contribution in [2.45, 2.75) is 24.8 Å². The first kappa shape index (κ1) is 18.3. The average molecular weight is 366 g/mol. The van der Waals surface area contributed by atoms with Gasteiger partial charge in [-0.2, -0.15) is 4.31 Å². The molecule has 0 aliphatic rings. The summed E-state index contributed by atoms with van der Waals surface area (Å²) in [5.74, 6) is 0. The second kappa shape index (κ2) is 8.25. The van der Waals surface area contributed by atoms with Gasteiger partial charge in [-0.05, 0) is 43.2 Å². The second-order valence-electron chi connectivity index (χ2n) is 6.21. The lowest BCUT2D eigenvalue weighted by Gasteiger charge is -2.22. The van der Waals surface area contributed by atoms with Crippen molar-refractivity contribution in [3.05, 3.63) is 95.8 Å². The smallest absolute Gasteiger partial charge is 0.243 e. The maximum atomic E-state index is 13.2. The molecule has 0 amide bonds. The number of hydrogen-bond acceptors (Lipinski definition) is 3. The van der Waals surface area contributed by atoms with Crippen LogP contribution in [0.25, 0.3) is 0 Å². The Morgan fingerprint density at radius 1 is 0.885 bits per heavy atom. The standard InChI is InChI=1S/C21H22N2O2S/c1-18-10-12-21(13-11-18)26(24,25)23(17-20-9-5-6-15-22-20)16-14-19-7-3-2-4-8-19/h2-13,15H,14,16-17H2,1H3. The Labute approximate surface area is 155 Å². The molecule has 26 heavy (non-hydrogen) atoms. The summed E-state index contributed by atoms with van der Waals surface area (Å²) in [5, 5.41) is 0. The first-order chi connectivity index (χ1) is 12.6. The summed E-state index contributed by atoms with van der Waals surface area (Å²) in [6.07, 6.45) is 2.34. The van der Waals surface area contributed by atoms with Gasteiger partial charge in [-0.15, -0.1) is 0 Å². The molecule has 0 radical (unpaired) electrons. The van der Waals surface area contributed by atoms with E-state index in [1.165, 1.54) is 4.31 Å². The Kier molecular flexibility index (Phi) is 5.81. The van der Waals surface area contributed by atoms with Gasteiger partial charge in [-0.25, -0.2) is 8.42 Å². The van der Waals surface area contributed by atoms with Crippen molar-refractivity contribution in [3.8, 4) is 0 Å². The van der Waals surface area contributed by atoms with Crippen molar-refractivity contribution < 1.29 is 8.42 Å². The van der Waals surface area contributed by atoms with Gasteiger partial charge in [0.15, 0.2) is 0 Å². The molecule has 0 aliphatic carbocycles. The zero-order valence-electron chi connectivity index (χ0n) is 14.7. The normalized spacial score (nSPS) is 11.6. The second-order valence-corrected chi connectivity index (χ2v) is 8.15.